The molecule has 0 aliphatic carbocycles. The van der Waals surface area contributed by atoms with Crippen molar-refractivity contribution < 1.29 is 18.8 Å². The SMILES string of the molecule is O=C(Nc1ccc(SCC(=O)c2ccc(F)cc2)cc1)/C(=C/c1cccc2ccccc12)NC(=O)c1ccccc1. The van der Waals surface area contributed by atoms with Gasteiger partial charge in [-0.15, -0.1) is 11.8 Å². The molecular weight excluding hydrogens is 535 g/mol. The van der Waals surface area contributed by atoms with Gasteiger partial charge in [-0.05, 0) is 83.1 Å². The molecule has 5 aromatic carbocycles. The fourth-order valence-corrected chi connectivity index (χ4v) is 4.97. The maximum Gasteiger partial charge on any atom is 0.272 e. The van der Waals surface area contributed by atoms with Crippen LogP contribution in [0.5, 0.6) is 0 Å². The third kappa shape index (κ3) is 7.15. The first-order valence-electron chi connectivity index (χ1n) is 12.8. The van der Waals surface area contributed by atoms with Gasteiger partial charge in [0.05, 0.1) is 5.75 Å². The van der Waals surface area contributed by atoms with Crippen LogP contribution in [0, 0.1) is 5.82 Å². The van der Waals surface area contributed by atoms with Crippen molar-refractivity contribution >= 4 is 51.9 Å². The fourth-order valence-electron chi connectivity index (χ4n) is 4.18. The Morgan fingerprint density at radius 1 is 0.707 bits per heavy atom. The van der Waals surface area contributed by atoms with Crippen LogP contribution in [0.3, 0.4) is 0 Å². The molecule has 5 aromatic rings. The van der Waals surface area contributed by atoms with Crippen molar-refractivity contribution in [1.29, 1.82) is 0 Å². The van der Waals surface area contributed by atoms with Gasteiger partial charge >= 0.3 is 0 Å². The van der Waals surface area contributed by atoms with Crippen LogP contribution in [0.4, 0.5) is 10.1 Å². The van der Waals surface area contributed by atoms with Crippen LogP contribution in [0.25, 0.3) is 16.8 Å². The van der Waals surface area contributed by atoms with Crippen LogP contribution in [0.2, 0.25) is 0 Å². The molecule has 0 saturated carbocycles. The summed E-state index contributed by atoms with van der Waals surface area (Å²) in [4.78, 5) is 39.6. The van der Waals surface area contributed by atoms with Gasteiger partial charge < -0.3 is 10.6 Å². The molecule has 2 N–H and O–H groups in total. The van der Waals surface area contributed by atoms with E-state index < -0.39 is 11.8 Å². The van der Waals surface area contributed by atoms with Crippen molar-refractivity contribution in [3.05, 3.63) is 150 Å². The Kier molecular flexibility index (Phi) is 8.67. The lowest BCUT2D eigenvalue weighted by atomic mass is 10.0. The van der Waals surface area contributed by atoms with E-state index in [0.29, 0.717) is 16.8 Å². The maximum atomic E-state index is 13.4. The van der Waals surface area contributed by atoms with E-state index in [1.54, 1.807) is 54.6 Å². The molecule has 0 fully saturated rings. The fraction of sp³-hybridized carbons (Fsp3) is 0.0294. The summed E-state index contributed by atoms with van der Waals surface area (Å²) in [5.41, 5.74) is 2.30. The van der Waals surface area contributed by atoms with Crippen LogP contribution in [-0.2, 0) is 4.79 Å². The molecule has 0 radical (unpaired) electrons. The number of amides is 2. The number of carbonyl (C=O) groups excluding carboxylic acids is 3. The van der Waals surface area contributed by atoms with Crippen molar-refractivity contribution in [3.63, 3.8) is 0 Å². The quantitative estimate of drug-likeness (QED) is 0.112. The highest BCUT2D eigenvalue weighted by atomic mass is 32.2. The molecule has 0 spiro atoms. The van der Waals surface area contributed by atoms with Gasteiger partial charge in [0.15, 0.2) is 5.78 Å². The van der Waals surface area contributed by atoms with Crippen molar-refractivity contribution in [2.24, 2.45) is 0 Å². The molecule has 0 aliphatic rings. The Hall–Kier alpha value is -5.01. The summed E-state index contributed by atoms with van der Waals surface area (Å²) >= 11 is 1.35. The first-order chi connectivity index (χ1) is 20.0. The Labute approximate surface area is 241 Å². The Morgan fingerprint density at radius 3 is 2.15 bits per heavy atom. The molecule has 0 saturated heterocycles. The van der Waals surface area contributed by atoms with E-state index >= 15 is 0 Å². The number of hydrogen-bond donors (Lipinski definition) is 2. The van der Waals surface area contributed by atoms with Gasteiger partial charge in [-0.3, -0.25) is 14.4 Å². The number of anilines is 1. The summed E-state index contributed by atoms with van der Waals surface area (Å²) < 4.78 is 13.1. The summed E-state index contributed by atoms with van der Waals surface area (Å²) in [5, 5.41) is 7.60. The van der Waals surface area contributed by atoms with E-state index in [2.05, 4.69) is 10.6 Å². The van der Waals surface area contributed by atoms with Gasteiger partial charge in [-0.2, -0.15) is 0 Å². The first kappa shape index (κ1) is 27.6. The van der Waals surface area contributed by atoms with E-state index in [1.807, 2.05) is 48.5 Å². The minimum Gasteiger partial charge on any atom is -0.321 e. The number of benzene rings is 5. The van der Waals surface area contributed by atoms with Crippen LogP contribution in [0.1, 0.15) is 26.3 Å². The minimum atomic E-state index is -0.478. The zero-order valence-corrected chi connectivity index (χ0v) is 22.7. The number of ketones is 1. The van der Waals surface area contributed by atoms with Crippen molar-refractivity contribution in [3.8, 4) is 0 Å². The zero-order chi connectivity index (χ0) is 28.6. The molecule has 2 amide bonds. The third-order valence-corrected chi connectivity index (χ3v) is 7.31. The number of hydrogen-bond acceptors (Lipinski definition) is 4. The van der Waals surface area contributed by atoms with Crippen LogP contribution in [-0.4, -0.2) is 23.4 Å². The second kappa shape index (κ2) is 12.9. The van der Waals surface area contributed by atoms with E-state index in [4.69, 9.17) is 0 Å². The van der Waals surface area contributed by atoms with E-state index in [9.17, 15) is 18.8 Å². The van der Waals surface area contributed by atoms with Gasteiger partial charge in [-0.25, -0.2) is 4.39 Å². The lowest BCUT2D eigenvalue weighted by molar-refractivity contribution is -0.113. The highest BCUT2D eigenvalue weighted by Crippen LogP contribution is 2.23. The summed E-state index contributed by atoms with van der Waals surface area (Å²) in [6.07, 6.45) is 1.67. The predicted molar refractivity (Wildman–Crippen MR) is 162 cm³/mol. The normalized spacial score (nSPS) is 11.2. The zero-order valence-electron chi connectivity index (χ0n) is 21.8. The van der Waals surface area contributed by atoms with Gasteiger partial charge in [0.1, 0.15) is 11.5 Å². The average molecular weight is 561 g/mol. The summed E-state index contributed by atoms with van der Waals surface area (Å²) in [6.45, 7) is 0. The monoisotopic (exact) mass is 560 g/mol. The second-order valence-electron chi connectivity index (χ2n) is 9.14. The van der Waals surface area contributed by atoms with E-state index in [1.165, 1.54) is 36.0 Å². The van der Waals surface area contributed by atoms with Crippen molar-refractivity contribution in [2.45, 2.75) is 4.90 Å². The first-order valence-corrected chi connectivity index (χ1v) is 13.8. The molecule has 0 bridgehead atoms. The number of Topliss-reactive ketones (excluding diaryl/α,β-unsaturated/α-hetero) is 1. The van der Waals surface area contributed by atoms with Crippen LogP contribution in [0.15, 0.2) is 132 Å². The predicted octanol–water partition coefficient (Wildman–Crippen LogP) is 7.36. The van der Waals surface area contributed by atoms with Crippen LogP contribution >= 0.6 is 11.8 Å². The molecule has 5 rings (SSSR count). The molecule has 0 unspecified atom stereocenters. The number of thioether (sulfide) groups is 1. The van der Waals surface area contributed by atoms with Gasteiger partial charge in [0, 0.05) is 21.7 Å². The summed E-state index contributed by atoms with van der Waals surface area (Å²) in [6, 6.07) is 34.8. The van der Waals surface area contributed by atoms with Crippen LogP contribution < -0.4 is 10.6 Å². The molecule has 202 valence electrons. The topological polar surface area (TPSA) is 75.3 Å². The molecule has 0 atom stereocenters. The number of nitrogens with one attached hydrogen (secondary N) is 2. The molecule has 7 heteroatoms. The lowest BCUT2D eigenvalue weighted by Gasteiger charge is -2.12. The minimum absolute atomic E-state index is 0.0959. The number of halogens is 1. The summed E-state index contributed by atoms with van der Waals surface area (Å²) in [7, 11) is 0. The summed E-state index contributed by atoms with van der Waals surface area (Å²) in [5.74, 6) is -1.17. The molecule has 0 aromatic heterocycles. The van der Waals surface area contributed by atoms with Crippen molar-refractivity contribution in [1.82, 2.24) is 5.32 Å². The second-order valence-corrected chi connectivity index (χ2v) is 10.2. The third-order valence-electron chi connectivity index (χ3n) is 6.30. The molecule has 0 heterocycles. The highest BCUT2D eigenvalue weighted by molar-refractivity contribution is 8.00. The standard InChI is InChI=1S/C34H25FN2O3S/c35-27-15-13-24(14-16-27)32(38)22-41-29-19-17-28(18-20-29)36-34(40)31(37-33(39)25-8-2-1-3-9-25)21-26-11-6-10-23-7-4-5-12-30(23)26/h1-21H,22H2,(H,36,40)(H,37,39)/b31-21-. The molecule has 41 heavy (non-hydrogen) atoms. The van der Waals surface area contributed by atoms with E-state index in [0.717, 1.165) is 21.2 Å². The number of rotatable bonds is 9. The lowest BCUT2D eigenvalue weighted by Crippen LogP contribution is -2.30. The van der Waals surface area contributed by atoms with Gasteiger partial charge in [0.2, 0.25) is 0 Å². The number of fused-ring (bicyclic) bond motifs is 1. The number of carbonyl (C=O) groups is 3. The smallest absolute Gasteiger partial charge is 0.272 e. The maximum absolute atomic E-state index is 13.4. The highest BCUT2D eigenvalue weighted by Gasteiger charge is 2.16. The molecule has 0 aliphatic heterocycles. The molecular formula is C34H25FN2O3S. The van der Waals surface area contributed by atoms with Gasteiger partial charge in [-0.1, -0.05) is 60.7 Å². The van der Waals surface area contributed by atoms with Gasteiger partial charge in [0.25, 0.3) is 11.8 Å². The van der Waals surface area contributed by atoms with Crippen molar-refractivity contribution in [2.75, 3.05) is 11.1 Å². The Bertz CT molecular complexity index is 1730. The molecule has 5 nitrogen and oxygen atoms in total. The average Bonchev–Trinajstić information content (AvgIpc) is 3.01. The van der Waals surface area contributed by atoms with E-state index in [-0.39, 0.29) is 23.1 Å². The Morgan fingerprint density at radius 2 is 1.39 bits per heavy atom. The largest absolute Gasteiger partial charge is 0.321 e. The Balaban J connectivity index is 1.32.